The number of hydrogen-bond acceptors (Lipinski definition) is 7. The van der Waals surface area contributed by atoms with Crippen LogP contribution in [-0.4, -0.2) is 34.5 Å². The summed E-state index contributed by atoms with van der Waals surface area (Å²) in [6.45, 7) is 1.93. The number of thiazole rings is 1. The molecule has 7 nitrogen and oxygen atoms in total. The minimum Gasteiger partial charge on any atom is -0.306 e. The first-order chi connectivity index (χ1) is 15.6. The van der Waals surface area contributed by atoms with Crippen LogP contribution in [0, 0.1) is 11.3 Å². The maximum atomic E-state index is 12.8. The smallest absolute Gasteiger partial charge is 0.306 e. The van der Waals surface area contributed by atoms with Crippen LogP contribution in [0.4, 0.5) is 10.5 Å². The first kappa shape index (κ1) is 20.9. The van der Waals surface area contributed by atoms with Crippen LogP contribution in [0.2, 0.25) is 0 Å². The number of nitriles is 1. The van der Waals surface area contributed by atoms with Crippen LogP contribution >= 0.6 is 23.3 Å². The van der Waals surface area contributed by atoms with Gasteiger partial charge >= 0.3 is 6.03 Å². The molecular weight excluding hydrogens is 440 g/mol. The molecule has 3 heterocycles. The molecule has 0 radical (unpaired) electrons. The lowest BCUT2D eigenvalue weighted by atomic mass is 9.97. The average molecular weight is 463 g/mol. The van der Waals surface area contributed by atoms with E-state index in [1.807, 2.05) is 12.1 Å². The molecular formula is C23H22N6OS2. The summed E-state index contributed by atoms with van der Waals surface area (Å²) in [7, 11) is 2.11. The van der Waals surface area contributed by atoms with E-state index in [2.05, 4.69) is 44.1 Å². The summed E-state index contributed by atoms with van der Waals surface area (Å²) >= 11 is 2.90. The summed E-state index contributed by atoms with van der Waals surface area (Å²) < 4.78 is 3.75. The van der Waals surface area contributed by atoms with Crippen molar-refractivity contribution in [2.45, 2.75) is 36.6 Å². The van der Waals surface area contributed by atoms with E-state index in [1.54, 1.807) is 23.6 Å². The van der Waals surface area contributed by atoms with Gasteiger partial charge in [-0.15, -0.1) is 11.3 Å². The van der Waals surface area contributed by atoms with E-state index in [0.29, 0.717) is 5.69 Å². The predicted molar refractivity (Wildman–Crippen MR) is 127 cm³/mol. The van der Waals surface area contributed by atoms with E-state index in [1.165, 1.54) is 28.0 Å². The van der Waals surface area contributed by atoms with Crippen molar-refractivity contribution >= 4 is 35.0 Å². The van der Waals surface area contributed by atoms with Crippen LogP contribution in [0.25, 0.3) is 11.1 Å². The summed E-state index contributed by atoms with van der Waals surface area (Å²) in [5, 5.41) is 12.3. The number of anilines is 1. The quantitative estimate of drug-likeness (QED) is 0.559. The third-order valence-electron chi connectivity index (χ3n) is 5.84. The van der Waals surface area contributed by atoms with Crippen molar-refractivity contribution in [3.8, 4) is 17.2 Å². The van der Waals surface area contributed by atoms with Gasteiger partial charge in [-0.2, -0.15) is 5.26 Å². The second-order valence-corrected chi connectivity index (χ2v) is 10.2. The van der Waals surface area contributed by atoms with Crippen molar-refractivity contribution in [2.24, 2.45) is 0 Å². The lowest BCUT2D eigenvalue weighted by Crippen LogP contribution is -2.25. The molecule has 0 atom stereocenters. The maximum absolute atomic E-state index is 12.8. The molecule has 0 unspecified atom stereocenters. The fraction of sp³-hybridized carbons (Fsp3) is 0.304. The van der Waals surface area contributed by atoms with Gasteiger partial charge in [0.1, 0.15) is 11.8 Å². The zero-order chi connectivity index (χ0) is 22.1. The van der Waals surface area contributed by atoms with Crippen molar-refractivity contribution in [3.05, 3.63) is 57.9 Å². The van der Waals surface area contributed by atoms with E-state index < -0.39 is 0 Å². The van der Waals surface area contributed by atoms with E-state index in [0.717, 1.165) is 65.6 Å². The molecule has 2 amide bonds. The molecule has 2 aromatic heterocycles. The minimum absolute atomic E-state index is 0.281. The zero-order valence-electron chi connectivity index (χ0n) is 17.6. The number of urea groups is 1. The van der Waals surface area contributed by atoms with Gasteiger partial charge in [-0.3, -0.25) is 4.72 Å². The van der Waals surface area contributed by atoms with Gasteiger partial charge in [0, 0.05) is 48.1 Å². The van der Waals surface area contributed by atoms with Crippen molar-refractivity contribution in [2.75, 3.05) is 18.9 Å². The minimum atomic E-state index is -0.281. The molecule has 0 spiro atoms. The number of aromatic nitrogens is 2. The van der Waals surface area contributed by atoms with Gasteiger partial charge in [0.05, 0.1) is 11.4 Å². The Kier molecular flexibility index (Phi) is 5.83. The third kappa shape index (κ3) is 4.21. The molecule has 0 fully saturated rings. The average Bonchev–Trinajstić information content (AvgIpc) is 3.44. The molecule has 2 aliphatic rings. The van der Waals surface area contributed by atoms with Crippen molar-refractivity contribution in [1.82, 2.24) is 19.6 Å². The highest BCUT2D eigenvalue weighted by Crippen LogP contribution is 2.38. The Morgan fingerprint density at radius 3 is 3.06 bits per heavy atom. The number of fused-ring (bicyclic) bond motifs is 2. The number of aryl methyl sites for hydroxylation is 1. The lowest BCUT2D eigenvalue weighted by molar-refractivity contribution is 0.257. The Balaban J connectivity index is 1.36. The summed E-state index contributed by atoms with van der Waals surface area (Å²) in [4.78, 5) is 25.2. The highest BCUT2D eigenvalue weighted by molar-refractivity contribution is 7.99. The van der Waals surface area contributed by atoms with Gasteiger partial charge < -0.3 is 10.2 Å². The Morgan fingerprint density at radius 2 is 2.19 bits per heavy atom. The fourth-order valence-electron chi connectivity index (χ4n) is 4.28. The van der Waals surface area contributed by atoms with Gasteiger partial charge in [0.2, 0.25) is 0 Å². The Hall–Kier alpha value is -2.93. The molecule has 9 heteroatoms. The summed E-state index contributed by atoms with van der Waals surface area (Å²) in [5.74, 6) is 0. The van der Waals surface area contributed by atoms with Crippen molar-refractivity contribution in [3.63, 3.8) is 0 Å². The van der Waals surface area contributed by atoms with Crippen molar-refractivity contribution < 1.29 is 4.79 Å². The number of benzene rings is 1. The second-order valence-electron chi connectivity index (χ2n) is 8.02. The largest absolute Gasteiger partial charge is 0.329 e. The standard InChI is InChI=1S/C23H22N6OS2/c1-29-10-8-19-20(13-29)31-23(26-19)32-28-22(30)27-21-17-4-2-3-14(17)5-6-18(21)15-7-9-25-16(11-15)12-24/h5-7,9,11H,2-4,8,10,13H2,1H3,(H2,27,28,30). The van der Waals surface area contributed by atoms with Crippen LogP contribution < -0.4 is 10.0 Å². The Bertz CT molecular complexity index is 1230. The van der Waals surface area contributed by atoms with E-state index in [4.69, 9.17) is 0 Å². The number of nitrogens with one attached hydrogen (secondary N) is 2. The van der Waals surface area contributed by atoms with Crippen LogP contribution in [0.5, 0.6) is 0 Å². The molecule has 32 heavy (non-hydrogen) atoms. The number of amides is 2. The van der Waals surface area contributed by atoms with E-state index in [-0.39, 0.29) is 6.03 Å². The monoisotopic (exact) mass is 462 g/mol. The first-order valence-corrected chi connectivity index (χ1v) is 12.2. The van der Waals surface area contributed by atoms with Crippen molar-refractivity contribution in [1.29, 1.82) is 5.26 Å². The first-order valence-electron chi connectivity index (χ1n) is 10.5. The van der Waals surface area contributed by atoms with Gasteiger partial charge in [-0.05, 0) is 55.1 Å². The molecule has 2 N–H and O–H groups in total. The molecule has 0 bridgehead atoms. The molecule has 0 saturated carbocycles. The number of pyridine rings is 1. The highest BCUT2D eigenvalue weighted by Gasteiger charge is 2.22. The third-order valence-corrected chi connectivity index (χ3v) is 7.77. The van der Waals surface area contributed by atoms with Crippen LogP contribution in [0.15, 0.2) is 34.8 Å². The molecule has 1 aromatic carbocycles. The van der Waals surface area contributed by atoms with Crippen LogP contribution in [0.3, 0.4) is 0 Å². The predicted octanol–water partition coefficient (Wildman–Crippen LogP) is 4.38. The van der Waals surface area contributed by atoms with Gasteiger partial charge in [-0.25, -0.2) is 14.8 Å². The van der Waals surface area contributed by atoms with Crippen LogP contribution in [-0.2, 0) is 25.8 Å². The lowest BCUT2D eigenvalue weighted by Gasteiger charge is -2.20. The SMILES string of the molecule is CN1CCc2nc(SNC(=O)Nc3c(-c4ccnc(C#N)c4)ccc4c3CCC4)sc2C1. The van der Waals surface area contributed by atoms with E-state index in [9.17, 15) is 10.1 Å². The fourth-order valence-corrected chi connectivity index (χ4v) is 6.18. The molecule has 3 aromatic rings. The number of rotatable bonds is 4. The topological polar surface area (TPSA) is 93.9 Å². The number of hydrogen-bond donors (Lipinski definition) is 2. The number of carbonyl (C=O) groups excluding carboxylic acids is 1. The second kappa shape index (κ2) is 8.90. The summed E-state index contributed by atoms with van der Waals surface area (Å²) in [6, 6.07) is 9.58. The Morgan fingerprint density at radius 1 is 1.28 bits per heavy atom. The molecule has 162 valence electrons. The van der Waals surface area contributed by atoms with Gasteiger partial charge in [0.15, 0.2) is 4.34 Å². The molecule has 1 aliphatic heterocycles. The molecule has 1 aliphatic carbocycles. The Labute approximate surface area is 195 Å². The highest BCUT2D eigenvalue weighted by atomic mass is 32.2. The summed E-state index contributed by atoms with van der Waals surface area (Å²) in [5.41, 5.74) is 6.52. The molecule has 0 saturated heterocycles. The number of likely N-dealkylation sites (N-methyl/N-ethyl adjacent to an activating group) is 1. The van der Waals surface area contributed by atoms with Gasteiger partial charge in [-0.1, -0.05) is 12.1 Å². The number of carbonyl (C=O) groups is 1. The van der Waals surface area contributed by atoms with Gasteiger partial charge in [0.25, 0.3) is 0 Å². The van der Waals surface area contributed by atoms with Crippen LogP contribution in [0.1, 0.15) is 33.8 Å². The maximum Gasteiger partial charge on any atom is 0.329 e. The van der Waals surface area contributed by atoms with E-state index >= 15 is 0 Å². The zero-order valence-corrected chi connectivity index (χ0v) is 19.3. The number of nitrogens with zero attached hydrogens (tertiary/aromatic N) is 4. The summed E-state index contributed by atoms with van der Waals surface area (Å²) in [6.07, 6.45) is 5.59. The normalized spacial score (nSPS) is 15.0. The molecule has 5 rings (SSSR count).